The number of benzene rings is 1. The molecule has 0 fully saturated rings. The maximum absolute atomic E-state index is 10.8. The van der Waals surface area contributed by atoms with Crippen LogP contribution in [0, 0.1) is 11.3 Å². The molecule has 0 saturated carbocycles. The molecule has 0 spiro atoms. The number of nitriles is 1. The second-order valence-electron chi connectivity index (χ2n) is 4.30. The van der Waals surface area contributed by atoms with Gasteiger partial charge in [-0.25, -0.2) is 9.78 Å². The number of rotatable bonds is 2. The average molecular weight is 344 g/mol. The van der Waals surface area contributed by atoms with Gasteiger partial charge in [-0.05, 0) is 24.3 Å². The fourth-order valence-electron chi connectivity index (χ4n) is 1.98. The van der Waals surface area contributed by atoms with Crippen molar-refractivity contribution >= 4 is 28.6 Å². The first kappa shape index (κ1) is 14.8. The summed E-state index contributed by atoms with van der Waals surface area (Å²) in [6.45, 7) is 0. The molecule has 3 aromatic rings. The standard InChI is InChI=1S/C15H9N3O2.BrH/c16-7-10-1-6-14-17-13(9-18(14)8-10)11-2-4-12(5-3-11)15(19)20;/h1-6,8-9H,(H,19,20);1H. The first-order chi connectivity index (χ1) is 9.67. The van der Waals surface area contributed by atoms with Gasteiger partial charge < -0.3 is 9.51 Å². The molecule has 0 unspecified atom stereocenters. The Morgan fingerprint density at radius 1 is 1.14 bits per heavy atom. The Morgan fingerprint density at radius 3 is 2.48 bits per heavy atom. The lowest BCUT2D eigenvalue weighted by Crippen LogP contribution is -1.94. The van der Waals surface area contributed by atoms with Crippen LogP contribution < -0.4 is 0 Å². The number of pyridine rings is 1. The fraction of sp³-hybridized carbons (Fsp3) is 0. The highest BCUT2D eigenvalue weighted by atomic mass is 79.9. The Kier molecular flexibility index (Phi) is 4.05. The number of nitrogens with zero attached hydrogens (tertiary/aromatic N) is 3. The second kappa shape index (κ2) is 5.77. The zero-order chi connectivity index (χ0) is 14.1. The zero-order valence-electron chi connectivity index (χ0n) is 10.7. The van der Waals surface area contributed by atoms with Gasteiger partial charge >= 0.3 is 5.97 Å². The third-order valence-corrected chi connectivity index (χ3v) is 3.01. The summed E-state index contributed by atoms with van der Waals surface area (Å²) < 4.78 is 1.78. The maximum Gasteiger partial charge on any atom is 0.335 e. The number of aromatic nitrogens is 2. The molecule has 0 aliphatic heterocycles. The molecule has 0 aliphatic carbocycles. The minimum atomic E-state index is -0.954. The molecule has 3 rings (SSSR count). The zero-order valence-corrected chi connectivity index (χ0v) is 12.4. The van der Waals surface area contributed by atoms with Crippen LogP contribution >= 0.6 is 17.0 Å². The van der Waals surface area contributed by atoms with Crippen molar-refractivity contribution in [3.05, 3.63) is 59.9 Å². The minimum absolute atomic E-state index is 0. The first-order valence-electron chi connectivity index (χ1n) is 5.90. The van der Waals surface area contributed by atoms with Gasteiger partial charge in [0, 0.05) is 18.0 Å². The number of halogens is 1. The van der Waals surface area contributed by atoms with E-state index in [4.69, 9.17) is 10.4 Å². The predicted molar refractivity (Wildman–Crippen MR) is 82.6 cm³/mol. The van der Waals surface area contributed by atoms with Crippen molar-refractivity contribution in [3.8, 4) is 17.3 Å². The van der Waals surface area contributed by atoms with Crippen LogP contribution in [0.15, 0.2) is 48.8 Å². The number of carbonyl (C=O) groups is 1. The van der Waals surface area contributed by atoms with E-state index in [9.17, 15) is 4.79 Å². The van der Waals surface area contributed by atoms with Crippen molar-refractivity contribution in [1.29, 1.82) is 5.26 Å². The molecule has 2 aromatic heterocycles. The molecule has 2 heterocycles. The van der Waals surface area contributed by atoms with Crippen LogP contribution in [0.2, 0.25) is 0 Å². The van der Waals surface area contributed by atoms with Gasteiger partial charge in [0.1, 0.15) is 11.7 Å². The van der Waals surface area contributed by atoms with E-state index in [1.807, 2.05) is 6.20 Å². The summed E-state index contributed by atoms with van der Waals surface area (Å²) in [5, 5.41) is 17.7. The summed E-state index contributed by atoms with van der Waals surface area (Å²) >= 11 is 0. The number of hydrogen-bond acceptors (Lipinski definition) is 3. The highest BCUT2D eigenvalue weighted by molar-refractivity contribution is 8.93. The SMILES string of the molecule is Br.N#Cc1ccc2nc(-c3ccc(C(=O)O)cc3)cn2c1. The van der Waals surface area contributed by atoms with E-state index in [-0.39, 0.29) is 22.5 Å². The van der Waals surface area contributed by atoms with Crippen molar-refractivity contribution in [1.82, 2.24) is 9.38 Å². The molecule has 0 aliphatic rings. The Bertz CT molecular complexity index is 847. The van der Waals surface area contributed by atoms with E-state index >= 15 is 0 Å². The number of hydrogen-bond donors (Lipinski definition) is 1. The van der Waals surface area contributed by atoms with Crippen LogP contribution in [0.1, 0.15) is 15.9 Å². The van der Waals surface area contributed by atoms with Gasteiger partial charge in [0.15, 0.2) is 0 Å². The molecule has 0 radical (unpaired) electrons. The van der Waals surface area contributed by atoms with Crippen LogP contribution in [0.3, 0.4) is 0 Å². The lowest BCUT2D eigenvalue weighted by molar-refractivity contribution is 0.0697. The monoisotopic (exact) mass is 343 g/mol. The summed E-state index contributed by atoms with van der Waals surface area (Å²) in [6.07, 6.45) is 3.52. The topological polar surface area (TPSA) is 78.4 Å². The van der Waals surface area contributed by atoms with Gasteiger partial charge in [-0.15, -0.1) is 17.0 Å². The van der Waals surface area contributed by atoms with Gasteiger partial charge in [-0.1, -0.05) is 12.1 Å². The summed E-state index contributed by atoms with van der Waals surface area (Å²) in [4.78, 5) is 15.2. The van der Waals surface area contributed by atoms with Gasteiger partial charge in [0.25, 0.3) is 0 Å². The highest BCUT2D eigenvalue weighted by Crippen LogP contribution is 2.20. The van der Waals surface area contributed by atoms with Crippen LogP contribution in [-0.4, -0.2) is 20.5 Å². The average Bonchev–Trinajstić information content (AvgIpc) is 2.90. The molecule has 0 saturated heterocycles. The number of fused-ring (bicyclic) bond motifs is 1. The largest absolute Gasteiger partial charge is 0.478 e. The molecule has 0 bridgehead atoms. The van der Waals surface area contributed by atoms with Gasteiger partial charge in [-0.3, -0.25) is 0 Å². The van der Waals surface area contributed by atoms with Crippen LogP contribution in [0.4, 0.5) is 0 Å². The van der Waals surface area contributed by atoms with E-state index < -0.39 is 5.97 Å². The smallest absolute Gasteiger partial charge is 0.335 e. The minimum Gasteiger partial charge on any atom is -0.478 e. The normalized spacial score (nSPS) is 9.86. The predicted octanol–water partition coefficient (Wildman–Crippen LogP) is 3.15. The molecule has 0 amide bonds. The van der Waals surface area contributed by atoms with Crippen LogP contribution in [0.5, 0.6) is 0 Å². The van der Waals surface area contributed by atoms with E-state index in [1.165, 1.54) is 0 Å². The lowest BCUT2D eigenvalue weighted by Gasteiger charge is -1.97. The van der Waals surface area contributed by atoms with E-state index in [1.54, 1.807) is 47.0 Å². The van der Waals surface area contributed by atoms with E-state index in [2.05, 4.69) is 11.1 Å². The summed E-state index contributed by atoms with van der Waals surface area (Å²) in [6, 6.07) is 12.1. The Labute approximate surface area is 130 Å². The van der Waals surface area contributed by atoms with Crippen molar-refractivity contribution in [3.63, 3.8) is 0 Å². The van der Waals surface area contributed by atoms with E-state index in [0.717, 1.165) is 16.9 Å². The van der Waals surface area contributed by atoms with Gasteiger partial charge in [0.2, 0.25) is 0 Å². The molecule has 104 valence electrons. The summed E-state index contributed by atoms with van der Waals surface area (Å²) in [5.74, 6) is -0.954. The molecule has 5 nitrogen and oxygen atoms in total. The highest BCUT2D eigenvalue weighted by Gasteiger charge is 2.07. The van der Waals surface area contributed by atoms with Crippen molar-refractivity contribution < 1.29 is 9.90 Å². The molecular weight excluding hydrogens is 334 g/mol. The number of carboxylic acid groups (broad SMARTS) is 1. The van der Waals surface area contributed by atoms with Crippen LogP contribution in [-0.2, 0) is 0 Å². The van der Waals surface area contributed by atoms with Gasteiger partial charge in [0.05, 0.1) is 16.8 Å². The first-order valence-corrected chi connectivity index (χ1v) is 5.90. The van der Waals surface area contributed by atoms with Crippen LogP contribution in [0.25, 0.3) is 16.9 Å². The lowest BCUT2D eigenvalue weighted by atomic mass is 10.1. The number of imidazole rings is 1. The summed E-state index contributed by atoms with van der Waals surface area (Å²) in [5.41, 5.74) is 3.10. The quantitative estimate of drug-likeness (QED) is 0.775. The Morgan fingerprint density at radius 2 is 1.86 bits per heavy atom. The summed E-state index contributed by atoms with van der Waals surface area (Å²) in [7, 11) is 0. The third kappa shape index (κ3) is 2.78. The Hall–Kier alpha value is -2.65. The van der Waals surface area contributed by atoms with Crippen molar-refractivity contribution in [2.24, 2.45) is 0 Å². The Balaban J connectivity index is 0.00000161. The number of aromatic carboxylic acids is 1. The van der Waals surface area contributed by atoms with Gasteiger partial charge in [-0.2, -0.15) is 5.26 Å². The molecule has 1 N–H and O–H groups in total. The van der Waals surface area contributed by atoms with E-state index in [0.29, 0.717) is 5.56 Å². The molecule has 21 heavy (non-hydrogen) atoms. The third-order valence-electron chi connectivity index (χ3n) is 3.01. The second-order valence-corrected chi connectivity index (χ2v) is 4.30. The molecule has 1 aromatic carbocycles. The molecular formula is C15H10BrN3O2. The maximum atomic E-state index is 10.8. The number of carboxylic acids is 1. The molecule has 0 atom stereocenters. The van der Waals surface area contributed by atoms with Crippen molar-refractivity contribution in [2.75, 3.05) is 0 Å². The molecule has 6 heteroatoms. The fourth-order valence-corrected chi connectivity index (χ4v) is 1.98. The van der Waals surface area contributed by atoms with Crippen molar-refractivity contribution in [2.45, 2.75) is 0 Å².